The number of hydrazine groups is 1. The zero-order valence-electron chi connectivity index (χ0n) is 8.58. The Hall–Kier alpha value is -0.0200. The van der Waals surface area contributed by atoms with Crippen molar-refractivity contribution < 1.29 is 4.39 Å². The SMILES string of the molecule is NNC(c1ccc(F)cc1I)c1sccc1Br. The minimum atomic E-state index is -0.237. The predicted octanol–water partition coefficient (Wildman–Crippen LogP) is 3.81. The van der Waals surface area contributed by atoms with Gasteiger partial charge in [0.15, 0.2) is 0 Å². The van der Waals surface area contributed by atoms with Gasteiger partial charge in [-0.25, -0.2) is 9.82 Å². The number of nitrogens with one attached hydrogen (secondary N) is 1. The lowest BCUT2D eigenvalue weighted by atomic mass is 10.1. The molecule has 0 spiro atoms. The smallest absolute Gasteiger partial charge is 0.124 e. The molecule has 17 heavy (non-hydrogen) atoms. The van der Waals surface area contributed by atoms with E-state index in [-0.39, 0.29) is 11.9 Å². The van der Waals surface area contributed by atoms with E-state index >= 15 is 0 Å². The van der Waals surface area contributed by atoms with E-state index in [4.69, 9.17) is 5.84 Å². The Bertz CT molecular complexity index is 532. The van der Waals surface area contributed by atoms with E-state index in [1.807, 2.05) is 11.4 Å². The van der Waals surface area contributed by atoms with Crippen molar-refractivity contribution in [3.05, 3.63) is 53.9 Å². The van der Waals surface area contributed by atoms with Gasteiger partial charge in [-0.2, -0.15) is 0 Å². The minimum absolute atomic E-state index is 0.128. The highest BCUT2D eigenvalue weighted by atomic mass is 127. The molecule has 3 N–H and O–H groups in total. The van der Waals surface area contributed by atoms with E-state index in [0.29, 0.717) is 0 Å². The molecule has 0 amide bonds. The molecule has 1 aromatic carbocycles. The summed E-state index contributed by atoms with van der Waals surface area (Å²) in [6, 6.07) is 6.55. The number of hydrogen-bond acceptors (Lipinski definition) is 3. The van der Waals surface area contributed by atoms with E-state index in [1.54, 1.807) is 17.4 Å². The Morgan fingerprint density at radius 3 is 2.71 bits per heavy atom. The topological polar surface area (TPSA) is 38.0 Å². The van der Waals surface area contributed by atoms with Crippen LogP contribution >= 0.6 is 49.9 Å². The second kappa shape index (κ2) is 5.75. The zero-order valence-corrected chi connectivity index (χ0v) is 13.1. The summed E-state index contributed by atoms with van der Waals surface area (Å²) in [4.78, 5) is 1.08. The summed E-state index contributed by atoms with van der Waals surface area (Å²) in [6.45, 7) is 0. The quantitative estimate of drug-likeness (QED) is 0.445. The lowest BCUT2D eigenvalue weighted by Crippen LogP contribution is -2.29. The third-order valence-electron chi connectivity index (χ3n) is 2.35. The first kappa shape index (κ1) is 13.4. The lowest BCUT2D eigenvalue weighted by molar-refractivity contribution is 0.615. The van der Waals surface area contributed by atoms with Crippen LogP contribution < -0.4 is 11.3 Å². The fourth-order valence-electron chi connectivity index (χ4n) is 1.55. The second-order valence-electron chi connectivity index (χ2n) is 3.40. The summed E-state index contributed by atoms with van der Waals surface area (Å²) in [5.41, 5.74) is 3.75. The van der Waals surface area contributed by atoms with Crippen LogP contribution in [0.2, 0.25) is 0 Å². The maximum atomic E-state index is 13.1. The molecule has 6 heteroatoms. The highest BCUT2D eigenvalue weighted by molar-refractivity contribution is 14.1. The van der Waals surface area contributed by atoms with E-state index in [0.717, 1.165) is 18.5 Å². The van der Waals surface area contributed by atoms with Crippen molar-refractivity contribution >= 4 is 49.9 Å². The highest BCUT2D eigenvalue weighted by Crippen LogP contribution is 2.34. The van der Waals surface area contributed by atoms with Gasteiger partial charge in [-0.15, -0.1) is 11.3 Å². The molecule has 0 fully saturated rings. The number of thiophene rings is 1. The Kier molecular flexibility index (Phi) is 4.53. The van der Waals surface area contributed by atoms with Crippen LogP contribution in [0.5, 0.6) is 0 Å². The molecular weight excluding hydrogens is 418 g/mol. The van der Waals surface area contributed by atoms with Gasteiger partial charge in [0.1, 0.15) is 5.82 Å². The number of hydrogen-bond donors (Lipinski definition) is 2. The molecular formula is C11H9BrFIN2S. The fourth-order valence-corrected chi connectivity index (χ4v) is 4.02. The highest BCUT2D eigenvalue weighted by Gasteiger charge is 2.19. The maximum Gasteiger partial charge on any atom is 0.124 e. The van der Waals surface area contributed by atoms with Gasteiger partial charge in [-0.3, -0.25) is 5.84 Å². The van der Waals surface area contributed by atoms with Crippen LogP contribution in [0, 0.1) is 9.39 Å². The molecule has 1 heterocycles. The standard InChI is InChI=1S/C11H9BrFIN2S/c12-8-3-4-17-11(8)10(16-15)7-2-1-6(13)5-9(7)14/h1-5,10,16H,15H2. The van der Waals surface area contributed by atoms with Crippen molar-refractivity contribution in [3.8, 4) is 0 Å². The van der Waals surface area contributed by atoms with E-state index in [1.165, 1.54) is 12.1 Å². The molecule has 1 atom stereocenters. The molecule has 1 aromatic heterocycles. The van der Waals surface area contributed by atoms with Crippen LogP contribution in [0.3, 0.4) is 0 Å². The summed E-state index contributed by atoms with van der Waals surface area (Å²) in [5.74, 6) is 5.37. The summed E-state index contributed by atoms with van der Waals surface area (Å²) in [5, 5.41) is 1.99. The lowest BCUT2D eigenvalue weighted by Gasteiger charge is -2.17. The molecule has 2 aromatic rings. The van der Waals surface area contributed by atoms with Crippen LogP contribution in [0.4, 0.5) is 4.39 Å². The summed E-state index contributed by atoms with van der Waals surface area (Å²) in [7, 11) is 0. The third kappa shape index (κ3) is 2.87. The first-order chi connectivity index (χ1) is 8.13. The van der Waals surface area contributed by atoms with Gasteiger partial charge in [-0.1, -0.05) is 6.07 Å². The van der Waals surface area contributed by atoms with Crippen molar-refractivity contribution in [2.75, 3.05) is 0 Å². The minimum Gasteiger partial charge on any atom is -0.271 e. The summed E-state index contributed by atoms with van der Waals surface area (Å²) < 4.78 is 14.9. The second-order valence-corrected chi connectivity index (χ2v) is 6.36. The summed E-state index contributed by atoms with van der Waals surface area (Å²) in [6.07, 6.45) is 0. The number of benzene rings is 1. The van der Waals surface area contributed by atoms with Crippen LogP contribution in [0.15, 0.2) is 34.1 Å². The number of halogens is 3. The van der Waals surface area contributed by atoms with Gasteiger partial charge in [0.2, 0.25) is 0 Å². The van der Waals surface area contributed by atoms with Crippen LogP contribution in [-0.4, -0.2) is 0 Å². The van der Waals surface area contributed by atoms with Gasteiger partial charge in [-0.05, 0) is 67.7 Å². The molecule has 0 saturated carbocycles. The van der Waals surface area contributed by atoms with Gasteiger partial charge < -0.3 is 0 Å². The third-order valence-corrected chi connectivity index (χ3v) is 5.22. The summed E-state index contributed by atoms with van der Waals surface area (Å²) >= 11 is 7.20. The van der Waals surface area contributed by atoms with Crippen molar-refractivity contribution in [2.24, 2.45) is 5.84 Å². The first-order valence-corrected chi connectivity index (χ1v) is 7.52. The molecule has 0 aliphatic rings. The van der Waals surface area contributed by atoms with Gasteiger partial charge in [0, 0.05) is 12.9 Å². The predicted molar refractivity (Wildman–Crippen MR) is 80.3 cm³/mol. The average Bonchev–Trinajstić information content (AvgIpc) is 2.69. The first-order valence-electron chi connectivity index (χ1n) is 4.77. The Morgan fingerprint density at radius 2 is 2.18 bits per heavy atom. The average molecular weight is 427 g/mol. The Morgan fingerprint density at radius 1 is 1.41 bits per heavy atom. The fraction of sp³-hybridized carbons (Fsp3) is 0.0909. The van der Waals surface area contributed by atoms with E-state index < -0.39 is 0 Å². The monoisotopic (exact) mass is 426 g/mol. The van der Waals surface area contributed by atoms with Crippen molar-refractivity contribution in [2.45, 2.75) is 6.04 Å². The molecule has 0 aliphatic carbocycles. The molecule has 2 rings (SSSR count). The van der Waals surface area contributed by atoms with Crippen LogP contribution in [0.25, 0.3) is 0 Å². The molecule has 2 nitrogen and oxygen atoms in total. The normalized spacial score (nSPS) is 12.7. The van der Waals surface area contributed by atoms with Gasteiger partial charge >= 0.3 is 0 Å². The molecule has 0 bridgehead atoms. The van der Waals surface area contributed by atoms with E-state index in [2.05, 4.69) is 43.9 Å². The number of nitrogens with two attached hydrogens (primary N) is 1. The van der Waals surface area contributed by atoms with Crippen molar-refractivity contribution in [3.63, 3.8) is 0 Å². The van der Waals surface area contributed by atoms with Gasteiger partial charge in [0.05, 0.1) is 6.04 Å². The number of rotatable bonds is 3. The molecule has 1 unspecified atom stereocenters. The van der Waals surface area contributed by atoms with Crippen molar-refractivity contribution in [1.29, 1.82) is 0 Å². The van der Waals surface area contributed by atoms with Crippen LogP contribution in [-0.2, 0) is 0 Å². The Labute approximate surface area is 125 Å². The van der Waals surface area contributed by atoms with Crippen LogP contribution in [0.1, 0.15) is 16.5 Å². The zero-order chi connectivity index (χ0) is 12.4. The Balaban J connectivity index is 2.46. The molecule has 0 aliphatic heterocycles. The molecule has 90 valence electrons. The largest absolute Gasteiger partial charge is 0.271 e. The maximum absolute atomic E-state index is 13.1. The molecule has 0 radical (unpaired) electrons. The van der Waals surface area contributed by atoms with Gasteiger partial charge in [0.25, 0.3) is 0 Å². The molecule has 0 saturated heterocycles. The van der Waals surface area contributed by atoms with Crippen molar-refractivity contribution in [1.82, 2.24) is 5.43 Å². The van der Waals surface area contributed by atoms with E-state index in [9.17, 15) is 4.39 Å².